The summed E-state index contributed by atoms with van der Waals surface area (Å²) in [6.07, 6.45) is 4.21. The first-order chi connectivity index (χ1) is 9.81. The molecule has 0 aromatic heterocycles. The van der Waals surface area contributed by atoms with Crippen molar-refractivity contribution in [2.45, 2.75) is 59.4 Å². The number of Topliss-reactive ketones (excluding diaryl/α,β-unsaturated/α-hetero) is 1. The SMILES string of the molecule is CCC1CN(CC2CC(C(C)(C)C)CCC2=O)CCN1C. The second kappa shape index (κ2) is 6.78. The van der Waals surface area contributed by atoms with Gasteiger partial charge in [0.2, 0.25) is 0 Å². The van der Waals surface area contributed by atoms with Crippen LogP contribution in [0.25, 0.3) is 0 Å². The van der Waals surface area contributed by atoms with Crippen molar-refractivity contribution in [3.63, 3.8) is 0 Å². The summed E-state index contributed by atoms with van der Waals surface area (Å²) in [4.78, 5) is 17.3. The van der Waals surface area contributed by atoms with Crippen LogP contribution in [-0.4, -0.2) is 54.9 Å². The summed E-state index contributed by atoms with van der Waals surface area (Å²) in [6, 6.07) is 0.663. The van der Waals surface area contributed by atoms with Gasteiger partial charge in [-0.2, -0.15) is 0 Å². The number of carbonyl (C=O) groups excluding carboxylic acids is 1. The molecule has 1 saturated heterocycles. The number of hydrogen-bond donors (Lipinski definition) is 0. The summed E-state index contributed by atoms with van der Waals surface area (Å²) in [5.41, 5.74) is 0.340. The fraction of sp³-hybridized carbons (Fsp3) is 0.944. The normalized spacial score (nSPS) is 33.4. The lowest BCUT2D eigenvalue weighted by atomic mass is 9.68. The third-order valence-corrected chi connectivity index (χ3v) is 5.80. The van der Waals surface area contributed by atoms with Gasteiger partial charge in [0.25, 0.3) is 0 Å². The zero-order valence-electron chi connectivity index (χ0n) is 14.7. The van der Waals surface area contributed by atoms with Crippen LogP contribution in [0.1, 0.15) is 53.4 Å². The Morgan fingerprint density at radius 2 is 1.95 bits per heavy atom. The Labute approximate surface area is 131 Å². The first-order valence-electron chi connectivity index (χ1n) is 8.76. The molecule has 0 N–H and O–H groups in total. The van der Waals surface area contributed by atoms with Gasteiger partial charge >= 0.3 is 0 Å². The molecular weight excluding hydrogens is 260 g/mol. The third-order valence-electron chi connectivity index (χ3n) is 5.80. The van der Waals surface area contributed by atoms with Crippen LogP contribution in [0, 0.1) is 17.3 Å². The van der Waals surface area contributed by atoms with Gasteiger partial charge in [-0.25, -0.2) is 0 Å². The van der Waals surface area contributed by atoms with Crippen LogP contribution >= 0.6 is 0 Å². The van der Waals surface area contributed by atoms with Gasteiger partial charge in [-0.3, -0.25) is 9.69 Å². The lowest BCUT2D eigenvalue weighted by Gasteiger charge is -2.42. The van der Waals surface area contributed by atoms with E-state index in [4.69, 9.17) is 0 Å². The zero-order valence-corrected chi connectivity index (χ0v) is 14.7. The molecule has 122 valence electrons. The van der Waals surface area contributed by atoms with Gasteiger partial charge in [-0.1, -0.05) is 27.7 Å². The van der Waals surface area contributed by atoms with Gasteiger partial charge < -0.3 is 4.90 Å². The van der Waals surface area contributed by atoms with Gasteiger partial charge in [0.15, 0.2) is 0 Å². The van der Waals surface area contributed by atoms with Crippen LogP contribution in [0.15, 0.2) is 0 Å². The number of hydrogen-bond acceptors (Lipinski definition) is 3. The first kappa shape index (κ1) is 17.0. The van der Waals surface area contributed by atoms with Crippen LogP contribution in [0.2, 0.25) is 0 Å². The van der Waals surface area contributed by atoms with E-state index in [1.807, 2.05) is 0 Å². The van der Waals surface area contributed by atoms with Crippen molar-refractivity contribution in [3.8, 4) is 0 Å². The molecule has 0 bridgehead atoms. The minimum absolute atomic E-state index is 0.281. The molecule has 3 nitrogen and oxygen atoms in total. The van der Waals surface area contributed by atoms with Gasteiger partial charge in [-0.15, -0.1) is 0 Å². The Morgan fingerprint density at radius 1 is 1.24 bits per heavy atom. The second-order valence-electron chi connectivity index (χ2n) is 8.30. The van der Waals surface area contributed by atoms with Crippen LogP contribution in [0.5, 0.6) is 0 Å². The highest BCUT2D eigenvalue weighted by atomic mass is 16.1. The molecule has 1 saturated carbocycles. The van der Waals surface area contributed by atoms with Crippen LogP contribution in [-0.2, 0) is 4.79 Å². The number of rotatable bonds is 3. The predicted octanol–water partition coefficient (Wildman–Crippen LogP) is 3.04. The molecule has 0 radical (unpaired) electrons. The molecule has 3 atom stereocenters. The fourth-order valence-corrected chi connectivity index (χ4v) is 4.00. The van der Waals surface area contributed by atoms with Gasteiger partial charge in [0.1, 0.15) is 5.78 Å². The molecule has 2 aliphatic rings. The van der Waals surface area contributed by atoms with E-state index >= 15 is 0 Å². The molecule has 0 aromatic rings. The molecule has 3 heteroatoms. The minimum atomic E-state index is 0.281. The van der Waals surface area contributed by atoms with Crippen molar-refractivity contribution in [1.82, 2.24) is 9.80 Å². The second-order valence-corrected chi connectivity index (χ2v) is 8.30. The Bertz CT molecular complexity index is 361. The Kier molecular flexibility index (Phi) is 5.48. The van der Waals surface area contributed by atoms with Crippen LogP contribution in [0.3, 0.4) is 0 Å². The minimum Gasteiger partial charge on any atom is -0.301 e. The standard InChI is InChI=1S/C18H34N2O/c1-6-16-13-20(10-9-19(16)5)12-14-11-15(18(2,3)4)7-8-17(14)21/h14-16H,6-13H2,1-5H3. The number of ketones is 1. The average molecular weight is 294 g/mol. The van der Waals surface area contributed by atoms with Crippen LogP contribution in [0.4, 0.5) is 0 Å². The van der Waals surface area contributed by atoms with E-state index < -0.39 is 0 Å². The van der Waals surface area contributed by atoms with Gasteiger partial charge in [-0.05, 0) is 37.6 Å². The van der Waals surface area contributed by atoms with E-state index in [0.29, 0.717) is 23.2 Å². The van der Waals surface area contributed by atoms with Crippen molar-refractivity contribution in [1.29, 1.82) is 0 Å². The van der Waals surface area contributed by atoms with E-state index in [2.05, 4.69) is 44.5 Å². The summed E-state index contributed by atoms with van der Waals surface area (Å²) >= 11 is 0. The Balaban J connectivity index is 1.93. The summed E-state index contributed by atoms with van der Waals surface area (Å²) in [5.74, 6) is 1.50. The highest BCUT2D eigenvalue weighted by molar-refractivity contribution is 5.82. The predicted molar refractivity (Wildman–Crippen MR) is 88.4 cm³/mol. The van der Waals surface area contributed by atoms with Crippen molar-refractivity contribution < 1.29 is 4.79 Å². The van der Waals surface area contributed by atoms with Crippen molar-refractivity contribution >= 4 is 5.78 Å². The van der Waals surface area contributed by atoms with E-state index in [1.165, 1.54) is 6.42 Å². The smallest absolute Gasteiger partial charge is 0.137 e. The monoisotopic (exact) mass is 294 g/mol. The summed E-state index contributed by atoms with van der Waals surface area (Å²) < 4.78 is 0. The molecule has 0 amide bonds. The molecule has 21 heavy (non-hydrogen) atoms. The topological polar surface area (TPSA) is 23.6 Å². The lowest BCUT2D eigenvalue weighted by molar-refractivity contribution is -0.127. The van der Waals surface area contributed by atoms with Gasteiger partial charge in [0, 0.05) is 44.6 Å². The van der Waals surface area contributed by atoms with Gasteiger partial charge in [0.05, 0.1) is 0 Å². The van der Waals surface area contributed by atoms with Crippen molar-refractivity contribution in [3.05, 3.63) is 0 Å². The molecule has 1 aliphatic heterocycles. The molecule has 1 heterocycles. The summed E-state index contributed by atoms with van der Waals surface area (Å²) in [7, 11) is 2.23. The lowest BCUT2D eigenvalue weighted by Crippen LogP contribution is -2.53. The molecule has 0 spiro atoms. The molecule has 1 aliphatic carbocycles. The Morgan fingerprint density at radius 3 is 2.57 bits per heavy atom. The highest BCUT2D eigenvalue weighted by Gasteiger charge is 2.36. The largest absolute Gasteiger partial charge is 0.301 e. The number of likely N-dealkylation sites (N-methyl/N-ethyl adjacent to an activating group) is 1. The summed E-state index contributed by atoms with van der Waals surface area (Å²) in [5, 5.41) is 0. The molecule has 0 aromatic carbocycles. The summed E-state index contributed by atoms with van der Waals surface area (Å²) in [6.45, 7) is 13.6. The third kappa shape index (κ3) is 4.29. The maximum absolute atomic E-state index is 12.3. The zero-order chi connectivity index (χ0) is 15.6. The van der Waals surface area contributed by atoms with E-state index in [9.17, 15) is 4.79 Å². The maximum atomic E-state index is 12.3. The maximum Gasteiger partial charge on any atom is 0.137 e. The Hall–Kier alpha value is -0.410. The van der Waals surface area contributed by atoms with Crippen molar-refractivity contribution in [2.24, 2.45) is 17.3 Å². The quantitative estimate of drug-likeness (QED) is 0.799. The molecule has 2 fully saturated rings. The number of nitrogens with zero attached hydrogens (tertiary/aromatic N) is 2. The number of piperazine rings is 1. The van der Waals surface area contributed by atoms with E-state index in [0.717, 1.165) is 45.4 Å². The van der Waals surface area contributed by atoms with Crippen molar-refractivity contribution in [2.75, 3.05) is 33.2 Å². The van der Waals surface area contributed by atoms with Crippen LogP contribution < -0.4 is 0 Å². The fourth-order valence-electron chi connectivity index (χ4n) is 4.00. The van der Waals surface area contributed by atoms with E-state index in [1.54, 1.807) is 0 Å². The molecular formula is C18H34N2O. The molecule has 3 unspecified atom stereocenters. The molecule has 2 rings (SSSR count). The highest BCUT2D eigenvalue weighted by Crippen LogP contribution is 2.39. The van der Waals surface area contributed by atoms with E-state index in [-0.39, 0.29) is 5.92 Å². The number of carbonyl (C=O) groups is 1. The average Bonchev–Trinajstić information content (AvgIpc) is 2.42. The first-order valence-corrected chi connectivity index (χ1v) is 8.76.